The summed E-state index contributed by atoms with van der Waals surface area (Å²) in [4.78, 5) is 8.95. The summed E-state index contributed by atoms with van der Waals surface area (Å²) >= 11 is 0. The van der Waals surface area contributed by atoms with Crippen LogP contribution in [0.3, 0.4) is 0 Å². The van der Waals surface area contributed by atoms with Crippen LogP contribution in [0.1, 0.15) is 19.4 Å². The van der Waals surface area contributed by atoms with Crippen LogP contribution in [-0.4, -0.2) is 13.6 Å². The first kappa shape index (κ1) is 14.2. The van der Waals surface area contributed by atoms with Gasteiger partial charge in [-0.05, 0) is 6.92 Å². The molecule has 0 aliphatic heterocycles. The summed E-state index contributed by atoms with van der Waals surface area (Å²) in [6.07, 6.45) is 0. The summed E-state index contributed by atoms with van der Waals surface area (Å²) in [6, 6.07) is 10.3. The van der Waals surface area contributed by atoms with Gasteiger partial charge in [0.25, 0.3) is 6.47 Å². The third kappa shape index (κ3) is 13.7. The molecular formula is C11H18O2. The van der Waals surface area contributed by atoms with Gasteiger partial charge >= 0.3 is 0 Å². The van der Waals surface area contributed by atoms with Crippen molar-refractivity contribution in [3.8, 4) is 0 Å². The van der Waals surface area contributed by atoms with Gasteiger partial charge in [-0.2, -0.15) is 0 Å². The van der Waals surface area contributed by atoms with E-state index in [1.165, 1.54) is 12.7 Å². The molecule has 0 bridgehead atoms. The Morgan fingerprint density at radius 2 is 1.54 bits per heavy atom. The van der Waals surface area contributed by atoms with Crippen LogP contribution in [0.15, 0.2) is 30.3 Å². The molecule has 1 rings (SSSR count). The molecule has 0 spiro atoms. The molecule has 0 saturated heterocycles. The minimum Gasteiger partial charge on any atom is -0.471 e. The van der Waals surface area contributed by atoms with E-state index in [9.17, 15) is 0 Å². The molecule has 0 N–H and O–H groups in total. The van der Waals surface area contributed by atoms with E-state index in [0.29, 0.717) is 6.47 Å². The van der Waals surface area contributed by atoms with Crippen molar-refractivity contribution in [1.29, 1.82) is 0 Å². The Labute approximate surface area is 80.5 Å². The van der Waals surface area contributed by atoms with Gasteiger partial charge in [0, 0.05) is 0 Å². The molecule has 0 aliphatic carbocycles. The number of ether oxygens (including phenoxy) is 1. The molecule has 74 valence electrons. The third-order valence-electron chi connectivity index (χ3n) is 1.04. The molecule has 2 heteroatoms. The largest absolute Gasteiger partial charge is 0.471 e. The first-order valence-corrected chi connectivity index (χ1v) is 4.29. The number of carbonyl (C=O) groups excluding carboxylic acids is 1. The van der Waals surface area contributed by atoms with Crippen molar-refractivity contribution in [2.75, 3.05) is 7.11 Å². The Bertz CT molecular complexity index is 183. The summed E-state index contributed by atoms with van der Waals surface area (Å²) in [5, 5.41) is 0. The first-order valence-electron chi connectivity index (χ1n) is 4.29. The van der Waals surface area contributed by atoms with Crippen LogP contribution in [0.2, 0.25) is 0 Å². The number of aryl methyl sites for hydroxylation is 1. The van der Waals surface area contributed by atoms with E-state index < -0.39 is 0 Å². The molecule has 0 radical (unpaired) electrons. The Morgan fingerprint density at radius 1 is 1.15 bits per heavy atom. The van der Waals surface area contributed by atoms with E-state index >= 15 is 0 Å². The predicted molar refractivity (Wildman–Crippen MR) is 55.6 cm³/mol. The van der Waals surface area contributed by atoms with E-state index in [2.05, 4.69) is 23.8 Å². The van der Waals surface area contributed by atoms with Gasteiger partial charge in [0.1, 0.15) is 0 Å². The highest BCUT2D eigenvalue weighted by atomic mass is 16.5. The fraction of sp³-hybridized carbons (Fsp3) is 0.364. The number of hydrogen-bond acceptors (Lipinski definition) is 2. The fourth-order valence-electron chi connectivity index (χ4n) is 0.534. The average Bonchev–Trinajstić information content (AvgIpc) is 2.22. The third-order valence-corrected chi connectivity index (χ3v) is 1.04. The molecule has 2 nitrogen and oxygen atoms in total. The van der Waals surface area contributed by atoms with E-state index in [1.807, 2.05) is 32.0 Å². The van der Waals surface area contributed by atoms with E-state index in [4.69, 9.17) is 4.79 Å². The maximum Gasteiger partial charge on any atom is 0.292 e. The molecule has 0 aliphatic rings. The van der Waals surface area contributed by atoms with Gasteiger partial charge < -0.3 is 4.74 Å². The zero-order chi connectivity index (χ0) is 10.5. The SMILES string of the molecule is CC.COC=O.Cc1ccccc1. The van der Waals surface area contributed by atoms with Gasteiger partial charge in [-0.1, -0.05) is 49.7 Å². The lowest BCUT2D eigenvalue weighted by Crippen LogP contribution is -1.68. The van der Waals surface area contributed by atoms with Gasteiger partial charge in [-0.3, -0.25) is 4.79 Å². The number of benzene rings is 1. The monoisotopic (exact) mass is 182 g/mol. The van der Waals surface area contributed by atoms with Crippen molar-refractivity contribution in [2.24, 2.45) is 0 Å². The molecule has 0 saturated carbocycles. The van der Waals surface area contributed by atoms with Crippen LogP contribution >= 0.6 is 0 Å². The summed E-state index contributed by atoms with van der Waals surface area (Å²) in [5.41, 5.74) is 1.32. The normalized spacial score (nSPS) is 6.77. The minimum atomic E-state index is 0.375. The highest BCUT2D eigenvalue weighted by Gasteiger charge is 1.72. The lowest BCUT2D eigenvalue weighted by molar-refractivity contribution is -0.126. The zero-order valence-electron chi connectivity index (χ0n) is 8.78. The molecule has 13 heavy (non-hydrogen) atoms. The Morgan fingerprint density at radius 3 is 1.69 bits per heavy atom. The number of methoxy groups -OCH3 is 1. The van der Waals surface area contributed by atoms with Gasteiger partial charge in [0.2, 0.25) is 0 Å². The van der Waals surface area contributed by atoms with Crippen LogP contribution in [0, 0.1) is 6.92 Å². The molecule has 0 aromatic heterocycles. The highest BCUT2D eigenvalue weighted by Crippen LogP contribution is 1.92. The maximum absolute atomic E-state index is 8.95. The summed E-state index contributed by atoms with van der Waals surface area (Å²) in [5.74, 6) is 0. The van der Waals surface area contributed by atoms with Crippen LogP contribution in [0.5, 0.6) is 0 Å². The van der Waals surface area contributed by atoms with Crippen molar-refractivity contribution < 1.29 is 9.53 Å². The Balaban J connectivity index is 0. The summed E-state index contributed by atoms with van der Waals surface area (Å²) < 4.78 is 3.86. The Hall–Kier alpha value is -1.31. The molecule has 1 aromatic carbocycles. The molecule has 0 unspecified atom stereocenters. The second-order valence-corrected chi connectivity index (χ2v) is 1.99. The molecular weight excluding hydrogens is 164 g/mol. The summed E-state index contributed by atoms with van der Waals surface area (Å²) in [7, 11) is 1.31. The standard InChI is InChI=1S/C7H8.C2H4O2.C2H6/c1-7-5-3-2-4-6-7;1-4-2-3;1-2/h2-6H,1H3;2H,1H3;1-2H3. The molecule has 0 amide bonds. The molecule has 0 atom stereocenters. The van der Waals surface area contributed by atoms with Crippen LogP contribution < -0.4 is 0 Å². The van der Waals surface area contributed by atoms with Crippen LogP contribution in [-0.2, 0) is 9.53 Å². The smallest absolute Gasteiger partial charge is 0.292 e. The second kappa shape index (κ2) is 13.3. The van der Waals surface area contributed by atoms with Crippen molar-refractivity contribution >= 4 is 6.47 Å². The quantitative estimate of drug-likeness (QED) is 0.624. The average molecular weight is 182 g/mol. The minimum absolute atomic E-state index is 0.375. The van der Waals surface area contributed by atoms with Gasteiger partial charge in [0.05, 0.1) is 7.11 Å². The van der Waals surface area contributed by atoms with E-state index in [0.717, 1.165) is 0 Å². The second-order valence-electron chi connectivity index (χ2n) is 1.99. The lowest BCUT2D eigenvalue weighted by Gasteiger charge is -1.82. The lowest BCUT2D eigenvalue weighted by atomic mass is 10.2. The molecule has 1 aromatic rings. The van der Waals surface area contributed by atoms with Crippen molar-refractivity contribution in [3.63, 3.8) is 0 Å². The highest BCUT2D eigenvalue weighted by molar-refractivity contribution is 5.36. The van der Waals surface area contributed by atoms with E-state index in [1.54, 1.807) is 0 Å². The first-order chi connectivity index (χ1) is 6.31. The molecule has 0 heterocycles. The fourth-order valence-corrected chi connectivity index (χ4v) is 0.534. The van der Waals surface area contributed by atoms with Crippen LogP contribution in [0.4, 0.5) is 0 Å². The number of hydrogen-bond donors (Lipinski definition) is 0. The zero-order valence-corrected chi connectivity index (χ0v) is 8.78. The van der Waals surface area contributed by atoms with E-state index in [-0.39, 0.29) is 0 Å². The van der Waals surface area contributed by atoms with Gasteiger partial charge in [-0.15, -0.1) is 0 Å². The van der Waals surface area contributed by atoms with Gasteiger partial charge in [0.15, 0.2) is 0 Å². The predicted octanol–water partition coefficient (Wildman–Crippen LogP) is 2.81. The topological polar surface area (TPSA) is 26.3 Å². The van der Waals surface area contributed by atoms with Crippen molar-refractivity contribution in [1.82, 2.24) is 0 Å². The summed E-state index contributed by atoms with van der Waals surface area (Å²) in [6.45, 7) is 6.46. The maximum atomic E-state index is 8.95. The van der Waals surface area contributed by atoms with Crippen LogP contribution in [0.25, 0.3) is 0 Å². The van der Waals surface area contributed by atoms with Gasteiger partial charge in [-0.25, -0.2) is 0 Å². The van der Waals surface area contributed by atoms with Crippen molar-refractivity contribution in [2.45, 2.75) is 20.8 Å². The molecule has 0 fully saturated rings. The van der Waals surface area contributed by atoms with Crippen molar-refractivity contribution in [3.05, 3.63) is 35.9 Å². The Kier molecular flexibility index (Phi) is 14.5. The number of carbonyl (C=O) groups is 1. The number of rotatable bonds is 1.